The van der Waals surface area contributed by atoms with Crippen molar-refractivity contribution in [1.82, 2.24) is 9.96 Å². The third-order valence-corrected chi connectivity index (χ3v) is 2.79. The van der Waals surface area contributed by atoms with Crippen molar-refractivity contribution in [3.8, 4) is 0 Å². The van der Waals surface area contributed by atoms with Crippen LogP contribution in [0, 0.1) is 0 Å². The van der Waals surface area contributed by atoms with Crippen molar-refractivity contribution in [2.75, 3.05) is 7.11 Å². The second-order valence-corrected chi connectivity index (χ2v) is 3.61. The quantitative estimate of drug-likeness (QED) is 0.603. The molecule has 2 aliphatic heterocycles. The van der Waals surface area contributed by atoms with Crippen LogP contribution in [0.5, 0.6) is 0 Å². The Morgan fingerprint density at radius 3 is 2.86 bits per heavy atom. The first kappa shape index (κ1) is 9.21. The van der Waals surface area contributed by atoms with Crippen molar-refractivity contribution < 1.29 is 14.4 Å². The predicted octanol–water partition coefficient (Wildman–Crippen LogP) is 0.242. The van der Waals surface area contributed by atoms with Gasteiger partial charge in [-0.05, 0) is 6.92 Å². The summed E-state index contributed by atoms with van der Waals surface area (Å²) in [6, 6.07) is 0. The standard InChI is InChI=1S/C9H12N2O3/c1-9-5-3-7(12)10(9)6-4-8(13)11(9)14-2/h4,6H,3,5H2,1-2H3/t9-/m0/s1. The van der Waals surface area contributed by atoms with E-state index in [2.05, 4.69) is 0 Å². The number of hydrogen-bond acceptors (Lipinski definition) is 3. The Labute approximate surface area is 81.9 Å². The van der Waals surface area contributed by atoms with Gasteiger partial charge in [-0.25, -0.2) is 0 Å². The number of nitrogens with zero attached hydrogens (tertiary/aromatic N) is 2. The first-order valence-corrected chi connectivity index (χ1v) is 4.48. The number of rotatable bonds is 1. The first-order chi connectivity index (χ1) is 6.59. The fourth-order valence-electron chi connectivity index (χ4n) is 2.03. The van der Waals surface area contributed by atoms with Gasteiger partial charge in [0.2, 0.25) is 5.91 Å². The van der Waals surface area contributed by atoms with Crippen LogP contribution in [-0.4, -0.2) is 34.6 Å². The summed E-state index contributed by atoms with van der Waals surface area (Å²) >= 11 is 0. The number of hydrogen-bond donors (Lipinski definition) is 0. The van der Waals surface area contributed by atoms with E-state index in [9.17, 15) is 9.59 Å². The molecular formula is C9H12N2O3. The molecule has 76 valence electrons. The third-order valence-electron chi connectivity index (χ3n) is 2.79. The molecule has 1 fully saturated rings. The van der Waals surface area contributed by atoms with Crippen LogP contribution in [0.25, 0.3) is 0 Å². The van der Waals surface area contributed by atoms with Gasteiger partial charge in [-0.15, -0.1) is 0 Å². The van der Waals surface area contributed by atoms with Gasteiger partial charge in [-0.2, -0.15) is 5.06 Å². The molecule has 5 heteroatoms. The van der Waals surface area contributed by atoms with Gasteiger partial charge in [0.25, 0.3) is 5.91 Å². The Bertz CT molecular complexity index is 326. The molecule has 0 aromatic carbocycles. The largest absolute Gasteiger partial charge is 0.293 e. The van der Waals surface area contributed by atoms with E-state index in [1.165, 1.54) is 24.4 Å². The summed E-state index contributed by atoms with van der Waals surface area (Å²) in [7, 11) is 1.43. The summed E-state index contributed by atoms with van der Waals surface area (Å²) in [4.78, 5) is 29.5. The summed E-state index contributed by atoms with van der Waals surface area (Å²) < 4.78 is 0. The highest BCUT2D eigenvalue weighted by Crippen LogP contribution is 2.36. The Kier molecular flexibility index (Phi) is 1.85. The van der Waals surface area contributed by atoms with Crippen molar-refractivity contribution in [2.24, 2.45) is 0 Å². The predicted molar refractivity (Wildman–Crippen MR) is 47.5 cm³/mol. The van der Waals surface area contributed by atoms with E-state index in [-0.39, 0.29) is 11.8 Å². The van der Waals surface area contributed by atoms with E-state index in [1.54, 1.807) is 4.90 Å². The molecule has 0 unspecified atom stereocenters. The topological polar surface area (TPSA) is 49.9 Å². The van der Waals surface area contributed by atoms with Crippen molar-refractivity contribution >= 4 is 11.8 Å². The van der Waals surface area contributed by atoms with E-state index < -0.39 is 5.66 Å². The number of carbonyl (C=O) groups excluding carboxylic acids is 2. The molecule has 5 nitrogen and oxygen atoms in total. The molecule has 2 amide bonds. The minimum absolute atomic E-state index is 0.0262. The van der Waals surface area contributed by atoms with E-state index in [0.717, 1.165) is 0 Å². The Balaban J connectivity index is 2.42. The summed E-state index contributed by atoms with van der Waals surface area (Å²) in [5.74, 6) is -0.195. The molecular weight excluding hydrogens is 184 g/mol. The molecule has 0 N–H and O–H groups in total. The molecule has 2 rings (SSSR count). The van der Waals surface area contributed by atoms with Crippen molar-refractivity contribution in [3.63, 3.8) is 0 Å². The molecule has 0 saturated carbocycles. The van der Waals surface area contributed by atoms with E-state index in [0.29, 0.717) is 12.8 Å². The fraction of sp³-hybridized carbons (Fsp3) is 0.556. The molecule has 0 bridgehead atoms. The maximum absolute atomic E-state index is 11.5. The van der Waals surface area contributed by atoms with Gasteiger partial charge in [0, 0.05) is 25.1 Å². The minimum Gasteiger partial charge on any atom is -0.293 e. The lowest BCUT2D eigenvalue weighted by Crippen LogP contribution is -2.58. The van der Waals surface area contributed by atoms with Gasteiger partial charge in [0.15, 0.2) is 0 Å². The molecule has 14 heavy (non-hydrogen) atoms. The van der Waals surface area contributed by atoms with Crippen molar-refractivity contribution in [3.05, 3.63) is 12.3 Å². The zero-order valence-corrected chi connectivity index (χ0v) is 8.19. The smallest absolute Gasteiger partial charge is 0.273 e. The highest BCUT2D eigenvalue weighted by atomic mass is 16.7. The van der Waals surface area contributed by atoms with E-state index >= 15 is 0 Å². The molecule has 0 aromatic heterocycles. The Morgan fingerprint density at radius 2 is 2.21 bits per heavy atom. The van der Waals surface area contributed by atoms with Crippen LogP contribution in [0.2, 0.25) is 0 Å². The summed E-state index contributed by atoms with van der Waals surface area (Å²) in [5.41, 5.74) is -0.641. The highest BCUT2D eigenvalue weighted by Gasteiger charge is 2.49. The van der Waals surface area contributed by atoms with Crippen LogP contribution in [0.4, 0.5) is 0 Å². The van der Waals surface area contributed by atoms with Gasteiger partial charge >= 0.3 is 0 Å². The van der Waals surface area contributed by atoms with E-state index in [4.69, 9.17) is 4.84 Å². The first-order valence-electron chi connectivity index (χ1n) is 4.48. The van der Waals surface area contributed by atoms with Crippen molar-refractivity contribution in [2.45, 2.75) is 25.4 Å². The zero-order valence-electron chi connectivity index (χ0n) is 8.19. The summed E-state index contributed by atoms with van der Waals surface area (Å²) in [5, 5.41) is 1.25. The second kappa shape index (κ2) is 2.81. The SMILES string of the molecule is CON1C(=O)C=CN2C(=O)CC[C@@]21C. The number of amides is 2. The average molecular weight is 196 g/mol. The zero-order chi connectivity index (χ0) is 10.3. The Hall–Kier alpha value is -1.36. The molecule has 1 atom stereocenters. The summed E-state index contributed by atoms with van der Waals surface area (Å²) in [6.45, 7) is 1.82. The number of hydroxylamine groups is 2. The molecule has 2 aliphatic rings. The van der Waals surface area contributed by atoms with Crippen LogP contribution in [0.1, 0.15) is 19.8 Å². The van der Waals surface area contributed by atoms with Crippen LogP contribution in [0.15, 0.2) is 12.3 Å². The second-order valence-electron chi connectivity index (χ2n) is 3.61. The van der Waals surface area contributed by atoms with Crippen LogP contribution in [0.3, 0.4) is 0 Å². The normalized spacial score (nSPS) is 31.3. The maximum Gasteiger partial charge on any atom is 0.273 e. The molecule has 0 spiro atoms. The summed E-state index contributed by atoms with van der Waals surface area (Å²) in [6.07, 6.45) is 3.94. The van der Waals surface area contributed by atoms with Gasteiger partial charge < -0.3 is 0 Å². The molecule has 1 saturated heterocycles. The lowest BCUT2D eigenvalue weighted by molar-refractivity contribution is -0.224. The lowest BCUT2D eigenvalue weighted by atomic mass is 10.1. The van der Waals surface area contributed by atoms with Gasteiger partial charge in [-0.1, -0.05) is 0 Å². The third kappa shape index (κ3) is 0.988. The van der Waals surface area contributed by atoms with Crippen LogP contribution >= 0.6 is 0 Å². The molecule has 2 heterocycles. The fourth-order valence-corrected chi connectivity index (χ4v) is 2.03. The monoisotopic (exact) mass is 196 g/mol. The lowest BCUT2D eigenvalue weighted by Gasteiger charge is -2.42. The number of fused-ring (bicyclic) bond motifs is 1. The Morgan fingerprint density at radius 1 is 1.50 bits per heavy atom. The van der Waals surface area contributed by atoms with Crippen LogP contribution in [-0.2, 0) is 14.4 Å². The van der Waals surface area contributed by atoms with Gasteiger partial charge in [0.05, 0.1) is 7.11 Å². The average Bonchev–Trinajstić information content (AvgIpc) is 2.43. The van der Waals surface area contributed by atoms with Gasteiger partial charge in [0.1, 0.15) is 5.66 Å². The van der Waals surface area contributed by atoms with Gasteiger partial charge in [-0.3, -0.25) is 19.3 Å². The minimum atomic E-state index is -0.641. The maximum atomic E-state index is 11.5. The highest BCUT2D eigenvalue weighted by molar-refractivity contribution is 5.92. The van der Waals surface area contributed by atoms with E-state index in [1.807, 2.05) is 6.92 Å². The number of carbonyl (C=O) groups is 2. The molecule has 0 radical (unpaired) electrons. The molecule has 0 aromatic rings. The van der Waals surface area contributed by atoms with Crippen LogP contribution < -0.4 is 0 Å². The van der Waals surface area contributed by atoms with Crippen molar-refractivity contribution in [1.29, 1.82) is 0 Å². The molecule has 0 aliphatic carbocycles.